The molecule has 1 aromatic carbocycles. The van der Waals surface area contributed by atoms with Crippen molar-refractivity contribution in [1.29, 1.82) is 0 Å². The van der Waals surface area contributed by atoms with Gasteiger partial charge in [-0.1, -0.05) is 11.6 Å². The largest absolute Gasteiger partial charge is 0.496 e. The van der Waals surface area contributed by atoms with Crippen LogP contribution >= 0.6 is 35.3 Å². The zero-order chi connectivity index (χ0) is 21.4. The number of benzene rings is 1. The van der Waals surface area contributed by atoms with Gasteiger partial charge in [0.1, 0.15) is 5.75 Å². The summed E-state index contributed by atoms with van der Waals surface area (Å²) in [5, 5.41) is 3.11. The number of piperazine rings is 1. The van der Waals surface area contributed by atoms with Crippen molar-refractivity contribution in [3.05, 3.63) is 50.2 Å². The highest BCUT2D eigenvalue weighted by Crippen LogP contribution is 2.48. The van der Waals surface area contributed by atoms with E-state index < -0.39 is 35.3 Å². The molecule has 1 fully saturated rings. The summed E-state index contributed by atoms with van der Waals surface area (Å²) in [6, 6.07) is 2.98. The first kappa shape index (κ1) is 25.1. The second kappa shape index (κ2) is 9.52. The highest BCUT2D eigenvalue weighted by molar-refractivity contribution is 7.16. The number of methoxy groups -OCH3 is 1. The van der Waals surface area contributed by atoms with E-state index >= 15 is 0 Å². The maximum absolute atomic E-state index is 13.9. The molecule has 1 saturated heterocycles. The smallest absolute Gasteiger partial charge is 0.416 e. The molecule has 3 rings (SSSR count). The van der Waals surface area contributed by atoms with E-state index in [1.54, 1.807) is 17.0 Å². The van der Waals surface area contributed by atoms with E-state index in [-0.39, 0.29) is 24.0 Å². The molecule has 1 aliphatic heterocycles. The van der Waals surface area contributed by atoms with E-state index in [0.717, 1.165) is 18.4 Å². The second-order valence-corrected chi connectivity index (χ2v) is 8.21. The van der Waals surface area contributed by atoms with Crippen LogP contribution in [0.4, 0.5) is 26.3 Å². The summed E-state index contributed by atoms with van der Waals surface area (Å²) in [7, 11) is 1.06. The van der Waals surface area contributed by atoms with E-state index in [9.17, 15) is 26.3 Å². The van der Waals surface area contributed by atoms with Crippen LogP contribution in [-0.4, -0.2) is 38.2 Å². The standard InChI is InChI=1S/C18H17ClF6N2OS.ClH/c1-28-12-9-10(17(20,21)22)8-11(18(23,24)25)15(12)16(13-2-3-14(19)29-13)27-6-4-26-5-7-27;/h2-3,8-9,16,26H,4-7H2,1H3;1H/t16-;/m0./s1. The van der Waals surface area contributed by atoms with Crippen LogP contribution in [0.5, 0.6) is 5.75 Å². The predicted molar refractivity (Wildman–Crippen MR) is 106 cm³/mol. The molecule has 1 atom stereocenters. The van der Waals surface area contributed by atoms with Gasteiger partial charge in [-0.05, 0) is 24.3 Å². The number of thiophene rings is 1. The molecule has 168 valence electrons. The van der Waals surface area contributed by atoms with Crippen molar-refractivity contribution in [3.63, 3.8) is 0 Å². The van der Waals surface area contributed by atoms with Crippen LogP contribution in [-0.2, 0) is 12.4 Å². The van der Waals surface area contributed by atoms with Crippen molar-refractivity contribution >= 4 is 35.3 Å². The number of ether oxygens (including phenoxy) is 1. The van der Waals surface area contributed by atoms with Crippen LogP contribution in [0.1, 0.15) is 27.6 Å². The Bertz CT molecular complexity index is 865. The topological polar surface area (TPSA) is 24.5 Å². The average molecular weight is 495 g/mol. The Kier molecular flexibility index (Phi) is 7.95. The van der Waals surface area contributed by atoms with Gasteiger partial charge in [-0.15, -0.1) is 23.7 Å². The molecule has 2 aromatic rings. The minimum absolute atomic E-state index is 0. The lowest BCUT2D eigenvalue weighted by Crippen LogP contribution is -2.45. The monoisotopic (exact) mass is 494 g/mol. The minimum Gasteiger partial charge on any atom is -0.496 e. The molecule has 3 nitrogen and oxygen atoms in total. The fourth-order valence-corrected chi connectivity index (χ4v) is 4.60. The molecular formula is C18H18Cl2F6N2OS. The third-order valence-corrected chi connectivity index (χ3v) is 5.93. The van der Waals surface area contributed by atoms with E-state index in [1.165, 1.54) is 0 Å². The fourth-order valence-electron chi connectivity index (χ4n) is 3.40. The van der Waals surface area contributed by atoms with Gasteiger partial charge in [0.15, 0.2) is 0 Å². The van der Waals surface area contributed by atoms with E-state index in [1.807, 2.05) is 0 Å². The first-order valence-electron chi connectivity index (χ1n) is 8.58. The Morgan fingerprint density at radius 1 is 1.07 bits per heavy atom. The van der Waals surface area contributed by atoms with Gasteiger partial charge in [0, 0.05) is 36.6 Å². The predicted octanol–water partition coefficient (Wildman–Crippen LogP) is 5.86. The van der Waals surface area contributed by atoms with Crippen LogP contribution in [0, 0.1) is 0 Å². The molecule has 30 heavy (non-hydrogen) atoms. The highest BCUT2D eigenvalue weighted by atomic mass is 35.5. The summed E-state index contributed by atoms with van der Waals surface area (Å²) in [5.74, 6) is -0.458. The molecule has 1 aromatic heterocycles. The maximum Gasteiger partial charge on any atom is 0.416 e. The van der Waals surface area contributed by atoms with Gasteiger partial charge in [-0.3, -0.25) is 4.90 Å². The molecule has 0 spiro atoms. The molecule has 0 radical (unpaired) electrons. The molecule has 0 aliphatic carbocycles. The quantitative estimate of drug-likeness (QED) is 0.538. The van der Waals surface area contributed by atoms with Crippen molar-refractivity contribution in [2.75, 3.05) is 33.3 Å². The van der Waals surface area contributed by atoms with Gasteiger partial charge >= 0.3 is 12.4 Å². The van der Waals surface area contributed by atoms with Crippen molar-refractivity contribution in [2.24, 2.45) is 0 Å². The number of nitrogens with zero attached hydrogens (tertiary/aromatic N) is 1. The van der Waals surface area contributed by atoms with E-state index in [4.69, 9.17) is 16.3 Å². The van der Waals surface area contributed by atoms with Crippen LogP contribution < -0.4 is 10.1 Å². The minimum atomic E-state index is -5.00. The van der Waals surface area contributed by atoms with Crippen molar-refractivity contribution in [2.45, 2.75) is 18.4 Å². The number of halogens is 8. The Labute approximate surface area is 184 Å². The lowest BCUT2D eigenvalue weighted by molar-refractivity contribution is -0.144. The number of nitrogens with one attached hydrogen (secondary N) is 1. The zero-order valence-corrected chi connectivity index (χ0v) is 17.9. The number of alkyl halides is 6. The lowest BCUT2D eigenvalue weighted by Gasteiger charge is -2.36. The van der Waals surface area contributed by atoms with Gasteiger partial charge in [0.05, 0.1) is 28.6 Å². The van der Waals surface area contributed by atoms with Gasteiger partial charge in [0.25, 0.3) is 0 Å². The Hall–Kier alpha value is -1.20. The van der Waals surface area contributed by atoms with Crippen LogP contribution in [0.3, 0.4) is 0 Å². The Balaban J connectivity index is 0.00000320. The molecule has 0 unspecified atom stereocenters. The number of hydrogen-bond donors (Lipinski definition) is 1. The van der Waals surface area contributed by atoms with Gasteiger partial charge in [-0.2, -0.15) is 26.3 Å². The van der Waals surface area contributed by atoms with Gasteiger partial charge in [-0.25, -0.2) is 0 Å². The zero-order valence-electron chi connectivity index (χ0n) is 15.5. The van der Waals surface area contributed by atoms with E-state index in [2.05, 4.69) is 5.32 Å². The molecule has 1 aliphatic rings. The van der Waals surface area contributed by atoms with Crippen molar-refractivity contribution in [3.8, 4) is 5.75 Å². The average Bonchev–Trinajstić information content (AvgIpc) is 3.07. The van der Waals surface area contributed by atoms with Gasteiger partial charge in [0.2, 0.25) is 0 Å². The van der Waals surface area contributed by atoms with Crippen molar-refractivity contribution < 1.29 is 31.1 Å². The van der Waals surface area contributed by atoms with Crippen molar-refractivity contribution in [1.82, 2.24) is 10.2 Å². The van der Waals surface area contributed by atoms with Crippen LogP contribution in [0.2, 0.25) is 4.34 Å². The second-order valence-electron chi connectivity index (χ2n) is 6.47. The Morgan fingerprint density at radius 3 is 2.17 bits per heavy atom. The van der Waals surface area contributed by atoms with Crippen LogP contribution in [0.15, 0.2) is 24.3 Å². The molecule has 0 bridgehead atoms. The summed E-state index contributed by atoms with van der Waals surface area (Å²) in [6.07, 6.45) is -9.94. The summed E-state index contributed by atoms with van der Waals surface area (Å²) in [5.41, 5.74) is -3.11. The molecule has 1 N–H and O–H groups in total. The summed E-state index contributed by atoms with van der Waals surface area (Å²) in [4.78, 5) is 2.29. The molecule has 0 amide bonds. The first-order chi connectivity index (χ1) is 13.5. The first-order valence-corrected chi connectivity index (χ1v) is 9.78. The normalized spacial score (nSPS) is 16.8. The van der Waals surface area contributed by atoms with E-state index in [0.29, 0.717) is 41.5 Å². The fraction of sp³-hybridized carbons (Fsp3) is 0.444. The lowest BCUT2D eigenvalue weighted by atomic mass is 9.93. The molecule has 2 heterocycles. The molecular weight excluding hydrogens is 477 g/mol. The highest BCUT2D eigenvalue weighted by Gasteiger charge is 2.43. The summed E-state index contributed by atoms with van der Waals surface area (Å²) >= 11 is 7.10. The third kappa shape index (κ3) is 5.34. The Morgan fingerprint density at radius 2 is 1.70 bits per heavy atom. The summed E-state index contributed by atoms with van der Waals surface area (Å²) < 4.78 is 86.8. The number of hydrogen-bond acceptors (Lipinski definition) is 4. The third-order valence-electron chi connectivity index (χ3n) is 4.65. The maximum atomic E-state index is 13.9. The number of rotatable bonds is 4. The SMILES string of the molecule is COc1cc(C(F)(F)F)cc(C(F)(F)F)c1[C@H](c1ccc(Cl)s1)N1CCNCC1.Cl. The molecule has 12 heteroatoms. The molecule has 0 saturated carbocycles. The van der Waals surface area contributed by atoms with Crippen LogP contribution in [0.25, 0.3) is 0 Å². The summed E-state index contributed by atoms with van der Waals surface area (Å²) in [6.45, 7) is 1.92. The van der Waals surface area contributed by atoms with Gasteiger partial charge < -0.3 is 10.1 Å².